The van der Waals surface area contributed by atoms with Crippen molar-refractivity contribution >= 4 is 17.6 Å². The van der Waals surface area contributed by atoms with Crippen molar-refractivity contribution in [3.63, 3.8) is 0 Å². The highest BCUT2D eigenvalue weighted by atomic mass is 19.1. The molecule has 1 fully saturated rings. The molecule has 0 radical (unpaired) electrons. The number of phenolic OH excluding ortho intramolecular Hbond substituents is 1. The van der Waals surface area contributed by atoms with Crippen molar-refractivity contribution in [2.75, 3.05) is 29.9 Å². The number of hydrogen-bond donors (Lipinski definition) is 2. The Balaban J connectivity index is 1.17. The van der Waals surface area contributed by atoms with Crippen LogP contribution in [0.1, 0.15) is 51.3 Å². The third kappa shape index (κ3) is 4.87. The predicted octanol–water partition coefficient (Wildman–Crippen LogP) is 5.29. The second-order valence-electron chi connectivity index (χ2n) is 11.7. The number of aromatic nitrogens is 2. The second kappa shape index (κ2) is 9.83. The molecule has 3 atom stereocenters. The van der Waals surface area contributed by atoms with Gasteiger partial charge in [0.15, 0.2) is 17.4 Å². The van der Waals surface area contributed by atoms with Crippen LogP contribution < -0.4 is 15.0 Å². The molecular formula is C30H34FN5O4. The molecule has 0 spiro atoms. The van der Waals surface area contributed by atoms with E-state index >= 15 is 0 Å². The predicted molar refractivity (Wildman–Crippen MR) is 149 cm³/mol. The second-order valence-corrected chi connectivity index (χ2v) is 11.7. The summed E-state index contributed by atoms with van der Waals surface area (Å²) < 4.78 is 26.0. The first-order valence-electron chi connectivity index (χ1n) is 13.7. The molecule has 0 bridgehead atoms. The summed E-state index contributed by atoms with van der Waals surface area (Å²) in [5.74, 6) is 0.345. The zero-order valence-corrected chi connectivity index (χ0v) is 23.1. The van der Waals surface area contributed by atoms with E-state index in [1.807, 2.05) is 39.8 Å². The van der Waals surface area contributed by atoms with Gasteiger partial charge in [-0.1, -0.05) is 12.1 Å². The lowest BCUT2D eigenvalue weighted by atomic mass is 9.93. The molecule has 0 saturated carbocycles. The Morgan fingerprint density at radius 2 is 2.00 bits per heavy atom. The van der Waals surface area contributed by atoms with Crippen molar-refractivity contribution in [3.05, 3.63) is 59.4 Å². The number of fused-ring (bicyclic) bond motifs is 4. The van der Waals surface area contributed by atoms with Crippen LogP contribution in [-0.4, -0.2) is 63.7 Å². The van der Waals surface area contributed by atoms with Gasteiger partial charge in [0.05, 0.1) is 30.0 Å². The molecule has 1 saturated heterocycles. The van der Waals surface area contributed by atoms with Gasteiger partial charge in [-0.2, -0.15) is 0 Å². The molecule has 2 N–H and O–H groups in total. The van der Waals surface area contributed by atoms with Gasteiger partial charge in [0.2, 0.25) is 0 Å². The van der Waals surface area contributed by atoms with Crippen LogP contribution in [0.15, 0.2) is 42.5 Å². The first kappa shape index (κ1) is 26.2. The lowest BCUT2D eigenvalue weighted by Gasteiger charge is -2.36. The quantitative estimate of drug-likeness (QED) is 0.456. The fraction of sp³-hybridized carbons (Fsp3) is 0.433. The first-order chi connectivity index (χ1) is 19.1. The number of aromatic hydroxyl groups is 1. The molecule has 2 aromatic carbocycles. The Kier molecular flexibility index (Phi) is 6.43. The number of benzene rings is 2. The summed E-state index contributed by atoms with van der Waals surface area (Å²) in [5.41, 5.74) is 3.33. The van der Waals surface area contributed by atoms with Crippen molar-refractivity contribution < 1.29 is 23.8 Å². The first-order valence-corrected chi connectivity index (χ1v) is 13.7. The van der Waals surface area contributed by atoms with Gasteiger partial charge in [-0.15, -0.1) is 10.2 Å². The molecule has 9 nitrogen and oxygen atoms in total. The van der Waals surface area contributed by atoms with E-state index in [1.54, 1.807) is 17.0 Å². The minimum absolute atomic E-state index is 0.0331. The largest absolute Gasteiger partial charge is 0.504 e. The van der Waals surface area contributed by atoms with E-state index in [9.17, 15) is 14.3 Å². The zero-order chi connectivity index (χ0) is 28.2. The summed E-state index contributed by atoms with van der Waals surface area (Å²) in [4.78, 5) is 16.7. The van der Waals surface area contributed by atoms with E-state index in [4.69, 9.17) is 9.47 Å². The Bertz CT molecular complexity index is 1460. The topological polar surface area (TPSA) is 100 Å². The standard InChI is InChI=1S/C30H34FN5O4/c1-17-22-9-8-20(12-18(22)10-11-35(17)29(38)40-30(2,3)4)39-21-13-19-15-32-28-26(36(19)16-21)14-25(33-34-28)23-6-5-7-24(31)27(23)37/h5-9,12,14,17,19,21,37H,10-11,13,15-16H2,1-4H3,(H,32,34). The molecule has 10 heteroatoms. The van der Waals surface area contributed by atoms with Gasteiger partial charge in [-0.3, -0.25) is 0 Å². The van der Waals surface area contributed by atoms with Gasteiger partial charge in [0.25, 0.3) is 0 Å². The Hall–Kier alpha value is -4.08. The smallest absolute Gasteiger partial charge is 0.410 e. The monoisotopic (exact) mass is 547 g/mol. The van der Waals surface area contributed by atoms with E-state index in [0.717, 1.165) is 29.8 Å². The number of ether oxygens (including phenoxy) is 2. The highest BCUT2D eigenvalue weighted by molar-refractivity contribution is 5.77. The van der Waals surface area contributed by atoms with E-state index < -0.39 is 17.2 Å². The van der Waals surface area contributed by atoms with Crippen LogP contribution in [0.25, 0.3) is 11.3 Å². The fourth-order valence-electron chi connectivity index (χ4n) is 5.89. The SMILES string of the molecule is CC1c2ccc(OC3CC4CNc5nnc(-c6cccc(F)c6O)cc5N4C3)cc2CCN1C(=O)OC(C)(C)C. The number of rotatable bonds is 3. The highest BCUT2D eigenvalue weighted by Crippen LogP contribution is 2.40. The molecule has 210 valence electrons. The van der Waals surface area contributed by atoms with Crippen molar-refractivity contribution in [1.29, 1.82) is 0 Å². The van der Waals surface area contributed by atoms with Crippen molar-refractivity contribution in [2.24, 2.45) is 0 Å². The van der Waals surface area contributed by atoms with Crippen LogP contribution in [0.3, 0.4) is 0 Å². The number of carbonyl (C=O) groups is 1. The number of nitrogens with one attached hydrogen (secondary N) is 1. The number of para-hydroxylation sites is 1. The van der Waals surface area contributed by atoms with Gasteiger partial charge in [0, 0.05) is 25.1 Å². The molecule has 40 heavy (non-hydrogen) atoms. The minimum atomic E-state index is -0.695. The summed E-state index contributed by atoms with van der Waals surface area (Å²) >= 11 is 0. The maximum Gasteiger partial charge on any atom is 0.410 e. The number of halogens is 1. The third-order valence-electron chi connectivity index (χ3n) is 7.81. The van der Waals surface area contributed by atoms with E-state index in [-0.39, 0.29) is 24.3 Å². The summed E-state index contributed by atoms with van der Waals surface area (Å²) in [5, 5.41) is 22.1. The van der Waals surface area contributed by atoms with E-state index in [0.29, 0.717) is 36.7 Å². The number of hydrogen-bond acceptors (Lipinski definition) is 8. The Labute approximate surface area is 232 Å². The number of amides is 1. The molecule has 1 amide bonds. The van der Waals surface area contributed by atoms with Crippen LogP contribution >= 0.6 is 0 Å². The Morgan fingerprint density at radius 1 is 1.18 bits per heavy atom. The number of phenols is 1. The highest BCUT2D eigenvalue weighted by Gasteiger charge is 2.38. The lowest BCUT2D eigenvalue weighted by molar-refractivity contribution is 0.0159. The van der Waals surface area contributed by atoms with Gasteiger partial charge in [-0.05, 0) is 75.6 Å². The minimum Gasteiger partial charge on any atom is -0.504 e. The summed E-state index contributed by atoms with van der Waals surface area (Å²) in [6, 6.07) is 12.5. The molecule has 3 unspecified atom stereocenters. The van der Waals surface area contributed by atoms with Gasteiger partial charge in [0.1, 0.15) is 17.5 Å². The van der Waals surface area contributed by atoms with Crippen molar-refractivity contribution in [2.45, 2.75) is 64.3 Å². The molecule has 1 aromatic heterocycles. The van der Waals surface area contributed by atoms with E-state index in [2.05, 4.69) is 32.5 Å². The molecule has 3 aliphatic rings. The molecule has 0 aliphatic carbocycles. The maximum absolute atomic E-state index is 14.0. The van der Waals surface area contributed by atoms with Gasteiger partial charge >= 0.3 is 6.09 Å². The zero-order valence-electron chi connectivity index (χ0n) is 23.1. The van der Waals surface area contributed by atoms with Crippen LogP contribution in [0.4, 0.5) is 20.7 Å². The normalized spacial score (nSPS) is 21.7. The molecule has 6 rings (SSSR count). The summed E-state index contributed by atoms with van der Waals surface area (Å²) in [7, 11) is 0. The van der Waals surface area contributed by atoms with Gasteiger partial charge < -0.3 is 29.7 Å². The number of carbonyl (C=O) groups excluding carboxylic acids is 1. The Morgan fingerprint density at radius 3 is 2.80 bits per heavy atom. The maximum atomic E-state index is 14.0. The summed E-state index contributed by atoms with van der Waals surface area (Å²) in [6.45, 7) is 9.64. The lowest BCUT2D eigenvalue weighted by Crippen LogP contribution is -2.42. The third-order valence-corrected chi connectivity index (χ3v) is 7.81. The fourth-order valence-corrected chi connectivity index (χ4v) is 5.89. The van der Waals surface area contributed by atoms with Crippen LogP contribution in [0.2, 0.25) is 0 Å². The van der Waals surface area contributed by atoms with Crippen LogP contribution in [-0.2, 0) is 11.2 Å². The molecular weight excluding hydrogens is 513 g/mol. The van der Waals surface area contributed by atoms with Gasteiger partial charge in [-0.25, -0.2) is 9.18 Å². The van der Waals surface area contributed by atoms with Crippen molar-refractivity contribution in [1.82, 2.24) is 15.1 Å². The van der Waals surface area contributed by atoms with Crippen LogP contribution in [0.5, 0.6) is 11.5 Å². The molecule has 4 heterocycles. The number of anilines is 2. The molecule has 3 aromatic rings. The van der Waals surface area contributed by atoms with Crippen LogP contribution in [0, 0.1) is 5.82 Å². The van der Waals surface area contributed by atoms with E-state index in [1.165, 1.54) is 11.6 Å². The number of nitrogens with zero attached hydrogens (tertiary/aromatic N) is 4. The summed E-state index contributed by atoms with van der Waals surface area (Å²) in [6.07, 6.45) is 1.24. The average Bonchev–Trinajstić information content (AvgIpc) is 3.32. The van der Waals surface area contributed by atoms with Crippen molar-refractivity contribution in [3.8, 4) is 22.8 Å². The molecule has 3 aliphatic heterocycles. The average molecular weight is 548 g/mol.